The smallest absolute Gasteiger partial charge is 0.258 e. The van der Waals surface area contributed by atoms with Crippen molar-refractivity contribution >= 4 is 21.4 Å². The zero-order valence-corrected chi connectivity index (χ0v) is 12.5. The highest BCUT2D eigenvalue weighted by atomic mass is 32.2. The molecular weight excluding hydrogens is 282 g/mol. The maximum Gasteiger partial charge on any atom is 0.258 e. The summed E-state index contributed by atoms with van der Waals surface area (Å²) in [4.78, 5) is 7.86. The van der Waals surface area contributed by atoms with E-state index in [0.29, 0.717) is 18.7 Å². The summed E-state index contributed by atoms with van der Waals surface area (Å²) in [6.07, 6.45) is 2.74. The number of rotatable bonds is 6. The zero-order chi connectivity index (χ0) is 13.9. The minimum absolute atomic E-state index is 0.124. The van der Waals surface area contributed by atoms with Crippen molar-refractivity contribution in [2.45, 2.75) is 37.8 Å². The van der Waals surface area contributed by atoms with E-state index in [-0.39, 0.29) is 11.1 Å². The molecule has 0 spiro atoms. The van der Waals surface area contributed by atoms with Crippen molar-refractivity contribution in [3.05, 3.63) is 34.4 Å². The zero-order valence-electron chi connectivity index (χ0n) is 10.9. The lowest BCUT2D eigenvalue weighted by Gasteiger charge is -2.14. The van der Waals surface area contributed by atoms with Gasteiger partial charge in [-0.05, 0) is 17.9 Å². The van der Waals surface area contributed by atoms with E-state index in [1.165, 1.54) is 6.20 Å². The van der Waals surface area contributed by atoms with Crippen LogP contribution in [0.25, 0.3) is 0 Å². The van der Waals surface area contributed by atoms with E-state index in [0.717, 1.165) is 4.88 Å². The van der Waals surface area contributed by atoms with Crippen molar-refractivity contribution in [1.29, 1.82) is 0 Å². The van der Waals surface area contributed by atoms with Crippen molar-refractivity contribution < 1.29 is 8.42 Å². The van der Waals surface area contributed by atoms with Crippen LogP contribution in [-0.2, 0) is 16.4 Å². The number of aromatic nitrogens is 2. The van der Waals surface area contributed by atoms with E-state index < -0.39 is 10.0 Å². The third kappa shape index (κ3) is 3.23. The SMILES string of the molecule is CCc1ncc(S(=O)(=O)NC(CC)c2cccs2)[nH]1. The number of sulfonamides is 1. The van der Waals surface area contributed by atoms with E-state index >= 15 is 0 Å². The second-order valence-corrected chi connectivity index (χ2v) is 6.81. The lowest BCUT2D eigenvalue weighted by molar-refractivity contribution is 0.550. The lowest BCUT2D eigenvalue weighted by atomic mass is 10.2. The lowest BCUT2D eigenvalue weighted by Crippen LogP contribution is -2.28. The fourth-order valence-electron chi connectivity index (χ4n) is 1.74. The summed E-state index contributed by atoms with van der Waals surface area (Å²) in [5.74, 6) is 0.671. The molecule has 0 saturated heterocycles. The molecule has 0 aliphatic rings. The van der Waals surface area contributed by atoms with Gasteiger partial charge >= 0.3 is 0 Å². The number of aromatic amines is 1. The van der Waals surface area contributed by atoms with Crippen molar-refractivity contribution in [3.63, 3.8) is 0 Å². The van der Waals surface area contributed by atoms with Crippen molar-refractivity contribution in [2.24, 2.45) is 0 Å². The molecule has 7 heteroatoms. The molecular formula is C12H17N3O2S2. The quantitative estimate of drug-likeness (QED) is 0.860. The number of imidazole rings is 1. The minimum atomic E-state index is -3.55. The standard InChI is InChI=1S/C12H17N3O2S2/c1-3-9(10-6-5-7-18-10)15-19(16,17)12-8-13-11(4-2)14-12/h5-9,15H,3-4H2,1-2H3,(H,13,14). The monoisotopic (exact) mass is 299 g/mol. The summed E-state index contributed by atoms with van der Waals surface area (Å²) < 4.78 is 27.2. The molecule has 1 atom stereocenters. The largest absolute Gasteiger partial charge is 0.332 e. The Morgan fingerprint density at radius 1 is 1.47 bits per heavy atom. The Hall–Kier alpha value is -1.18. The van der Waals surface area contributed by atoms with Crippen LogP contribution < -0.4 is 4.72 Å². The topological polar surface area (TPSA) is 74.8 Å². The number of H-pyrrole nitrogens is 1. The second kappa shape index (κ2) is 5.85. The van der Waals surface area contributed by atoms with Crippen molar-refractivity contribution in [1.82, 2.24) is 14.7 Å². The summed E-state index contributed by atoms with van der Waals surface area (Å²) in [6, 6.07) is 3.66. The van der Waals surface area contributed by atoms with Gasteiger partial charge in [0.15, 0.2) is 5.03 Å². The fraction of sp³-hybridized carbons (Fsp3) is 0.417. The Labute approximate surface area is 117 Å². The first-order valence-electron chi connectivity index (χ1n) is 6.16. The van der Waals surface area contributed by atoms with Crippen LogP contribution in [0.4, 0.5) is 0 Å². The second-order valence-electron chi connectivity index (χ2n) is 4.15. The summed E-state index contributed by atoms with van der Waals surface area (Å²) in [5, 5.41) is 2.07. The average Bonchev–Trinajstić information content (AvgIpc) is 3.06. The number of aryl methyl sites for hydroxylation is 1. The van der Waals surface area contributed by atoms with Crippen LogP contribution in [0.3, 0.4) is 0 Å². The molecule has 2 heterocycles. The van der Waals surface area contributed by atoms with Crippen molar-refractivity contribution in [2.75, 3.05) is 0 Å². The molecule has 2 aromatic heterocycles. The van der Waals surface area contributed by atoms with Crippen LogP contribution in [-0.4, -0.2) is 18.4 Å². The Kier molecular flexibility index (Phi) is 4.38. The Balaban J connectivity index is 2.20. The molecule has 104 valence electrons. The minimum Gasteiger partial charge on any atom is -0.332 e. The van der Waals surface area contributed by atoms with Gasteiger partial charge in [0, 0.05) is 11.3 Å². The van der Waals surface area contributed by atoms with E-state index in [1.54, 1.807) is 11.3 Å². The van der Waals surface area contributed by atoms with Crippen LogP contribution >= 0.6 is 11.3 Å². The van der Waals surface area contributed by atoms with Crippen LogP contribution in [0, 0.1) is 0 Å². The van der Waals surface area contributed by atoms with Gasteiger partial charge in [0.1, 0.15) is 5.82 Å². The fourth-order valence-corrected chi connectivity index (χ4v) is 3.92. The number of hydrogen-bond acceptors (Lipinski definition) is 4. The normalized spacial score (nSPS) is 13.6. The van der Waals surface area contributed by atoms with Gasteiger partial charge in [-0.1, -0.05) is 19.9 Å². The molecule has 0 aliphatic carbocycles. The van der Waals surface area contributed by atoms with Gasteiger partial charge in [-0.15, -0.1) is 11.3 Å². The molecule has 0 saturated carbocycles. The van der Waals surface area contributed by atoms with Gasteiger partial charge in [0.25, 0.3) is 10.0 Å². The van der Waals surface area contributed by atoms with Gasteiger partial charge in [0.2, 0.25) is 0 Å². The molecule has 0 radical (unpaired) electrons. The molecule has 0 amide bonds. The predicted molar refractivity (Wildman–Crippen MR) is 75.6 cm³/mol. The van der Waals surface area contributed by atoms with E-state index in [2.05, 4.69) is 14.7 Å². The number of nitrogens with zero attached hydrogens (tertiary/aromatic N) is 1. The van der Waals surface area contributed by atoms with Crippen LogP contribution in [0.15, 0.2) is 28.7 Å². The van der Waals surface area contributed by atoms with Gasteiger partial charge in [-0.25, -0.2) is 18.1 Å². The average molecular weight is 299 g/mol. The van der Waals surface area contributed by atoms with Gasteiger partial charge in [-0.3, -0.25) is 0 Å². The molecule has 0 fully saturated rings. The Morgan fingerprint density at radius 3 is 2.79 bits per heavy atom. The molecule has 0 bridgehead atoms. The number of nitrogens with one attached hydrogen (secondary N) is 2. The molecule has 19 heavy (non-hydrogen) atoms. The third-order valence-electron chi connectivity index (χ3n) is 2.82. The highest BCUT2D eigenvalue weighted by Gasteiger charge is 2.22. The number of thiophene rings is 1. The first-order valence-corrected chi connectivity index (χ1v) is 8.52. The first-order chi connectivity index (χ1) is 9.06. The maximum atomic E-state index is 12.2. The Bertz CT molecular complexity index is 617. The Morgan fingerprint density at radius 2 is 2.26 bits per heavy atom. The van der Waals surface area contributed by atoms with E-state index in [1.807, 2.05) is 31.4 Å². The van der Waals surface area contributed by atoms with Gasteiger partial charge in [0.05, 0.1) is 12.2 Å². The summed E-state index contributed by atoms with van der Waals surface area (Å²) in [5.41, 5.74) is 0. The van der Waals surface area contributed by atoms with E-state index in [9.17, 15) is 8.42 Å². The summed E-state index contributed by atoms with van der Waals surface area (Å²) in [6.45, 7) is 3.88. The molecule has 0 aliphatic heterocycles. The maximum absolute atomic E-state index is 12.2. The summed E-state index contributed by atoms with van der Waals surface area (Å²) >= 11 is 1.55. The van der Waals surface area contributed by atoms with E-state index in [4.69, 9.17) is 0 Å². The van der Waals surface area contributed by atoms with Gasteiger partial charge in [-0.2, -0.15) is 0 Å². The van der Waals surface area contributed by atoms with Crippen molar-refractivity contribution in [3.8, 4) is 0 Å². The highest BCUT2D eigenvalue weighted by Crippen LogP contribution is 2.23. The molecule has 2 N–H and O–H groups in total. The first kappa shape index (κ1) is 14.2. The predicted octanol–water partition coefficient (Wildman–Crippen LogP) is 2.46. The molecule has 2 rings (SSSR count). The van der Waals surface area contributed by atoms with Crippen LogP contribution in [0.1, 0.15) is 37.0 Å². The third-order valence-corrected chi connectivity index (χ3v) is 5.19. The summed E-state index contributed by atoms with van der Waals surface area (Å²) in [7, 11) is -3.55. The molecule has 2 aromatic rings. The van der Waals surface area contributed by atoms with Crippen LogP contribution in [0.5, 0.6) is 0 Å². The highest BCUT2D eigenvalue weighted by molar-refractivity contribution is 7.89. The van der Waals surface area contributed by atoms with Crippen LogP contribution in [0.2, 0.25) is 0 Å². The molecule has 1 unspecified atom stereocenters. The molecule has 5 nitrogen and oxygen atoms in total. The number of hydrogen-bond donors (Lipinski definition) is 2. The van der Waals surface area contributed by atoms with Gasteiger partial charge < -0.3 is 4.98 Å². The molecule has 0 aromatic carbocycles.